The SMILES string of the molecule is CC1CN(C(=O)CCCN2C(=O)CN(C)C2=O)CC(C)N1.Cl. The summed E-state index contributed by atoms with van der Waals surface area (Å²) in [4.78, 5) is 40.0. The number of carbonyl (C=O) groups is 3. The molecular formula is C14H25ClN4O3. The van der Waals surface area contributed by atoms with Crippen LogP contribution in [0, 0.1) is 0 Å². The van der Waals surface area contributed by atoms with Crippen molar-refractivity contribution in [3.05, 3.63) is 0 Å². The number of nitrogens with zero attached hydrogens (tertiary/aromatic N) is 3. The lowest BCUT2D eigenvalue weighted by Crippen LogP contribution is -2.55. The number of amides is 4. The van der Waals surface area contributed by atoms with Gasteiger partial charge in [-0.2, -0.15) is 0 Å². The zero-order valence-corrected chi connectivity index (χ0v) is 14.2. The number of likely N-dealkylation sites (N-methyl/N-ethyl adjacent to an activating group) is 1. The quantitative estimate of drug-likeness (QED) is 0.751. The van der Waals surface area contributed by atoms with Crippen molar-refractivity contribution < 1.29 is 14.4 Å². The van der Waals surface area contributed by atoms with E-state index in [-0.39, 0.29) is 36.8 Å². The second kappa shape index (κ2) is 7.78. The van der Waals surface area contributed by atoms with Crippen molar-refractivity contribution >= 4 is 30.3 Å². The lowest BCUT2D eigenvalue weighted by Gasteiger charge is -2.36. The van der Waals surface area contributed by atoms with Gasteiger partial charge in [0.25, 0.3) is 0 Å². The van der Waals surface area contributed by atoms with E-state index in [1.165, 1.54) is 9.80 Å². The van der Waals surface area contributed by atoms with Crippen LogP contribution in [0.4, 0.5) is 4.79 Å². The van der Waals surface area contributed by atoms with E-state index in [4.69, 9.17) is 0 Å². The number of imide groups is 1. The smallest absolute Gasteiger partial charge is 0.326 e. The standard InChI is InChI=1S/C14H24N4O3.ClH/c1-10-7-17(8-11(2)15-10)12(19)5-4-6-18-13(20)9-16(3)14(18)21;/h10-11,15H,4-9H2,1-3H3;1H. The number of halogens is 1. The molecule has 126 valence electrons. The van der Waals surface area contributed by atoms with Crippen LogP contribution in [-0.4, -0.2) is 77.9 Å². The molecule has 8 heteroatoms. The molecule has 0 aromatic carbocycles. The van der Waals surface area contributed by atoms with Gasteiger partial charge in [0.1, 0.15) is 6.54 Å². The molecule has 2 heterocycles. The van der Waals surface area contributed by atoms with Crippen molar-refractivity contribution in [2.45, 2.75) is 38.8 Å². The number of urea groups is 1. The van der Waals surface area contributed by atoms with E-state index in [9.17, 15) is 14.4 Å². The molecule has 2 rings (SSSR count). The molecule has 0 radical (unpaired) electrons. The molecule has 1 N–H and O–H groups in total. The van der Waals surface area contributed by atoms with E-state index in [1.807, 2.05) is 4.90 Å². The van der Waals surface area contributed by atoms with E-state index in [0.717, 1.165) is 0 Å². The third kappa shape index (κ3) is 4.33. The fourth-order valence-corrected chi connectivity index (χ4v) is 2.97. The van der Waals surface area contributed by atoms with Crippen molar-refractivity contribution in [2.75, 3.05) is 33.2 Å². The highest BCUT2D eigenvalue weighted by Gasteiger charge is 2.33. The molecule has 7 nitrogen and oxygen atoms in total. The summed E-state index contributed by atoms with van der Waals surface area (Å²) >= 11 is 0. The van der Waals surface area contributed by atoms with E-state index >= 15 is 0 Å². The molecular weight excluding hydrogens is 308 g/mol. The predicted octanol–water partition coefficient (Wildman–Crippen LogP) is 0.291. The van der Waals surface area contributed by atoms with Crippen molar-refractivity contribution in [2.24, 2.45) is 0 Å². The molecule has 0 aromatic heterocycles. The van der Waals surface area contributed by atoms with Crippen molar-refractivity contribution in [1.29, 1.82) is 0 Å². The molecule has 2 saturated heterocycles. The predicted molar refractivity (Wildman–Crippen MR) is 84.9 cm³/mol. The van der Waals surface area contributed by atoms with Gasteiger partial charge in [0.15, 0.2) is 0 Å². The summed E-state index contributed by atoms with van der Waals surface area (Å²) in [5.74, 6) is -0.0815. The Bertz CT molecular complexity index is 436. The Morgan fingerprint density at radius 3 is 2.32 bits per heavy atom. The minimum absolute atomic E-state index is 0. The molecule has 0 spiro atoms. The molecule has 2 unspecified atom stereocenters. The monoisotopic (exact) mass is 332 g/mol. The zero-order valence-electron chi connectivity index (χ0n) is 13.4. The van der Waals surface area contributed by atoms with Gasteiger partial charge in [-0.15, -0.1) is 12.4 Å². The molecule has 2 aliphatic rings. The highest BCUT2D eigenvalue weighted by Crippen LogP contribution is 2.11. The van der Waals surface area contributed by atoms with Crippen LogP contribution >= 0.6 is 12.4 Å². The van der Waals surface area contributed by atoms with Crippen LogP contribution < -0.4 is 5.32 Å². The molecule has 0 aromatic rings. The van der Waals surface area contributed by atoms with Crippen LogP contribution in [0.2, 0.25) is 0 Å². The average Bonchev–Trinajstić information content (AvgIpc) is 2.63. The maximum Gasteiger partial charge on any atom is 0.326 e. The van der Waals surface area contributed by atoms with Crippen molar-refractivity contribution in [3.63, 3.8) is 0 Å². The molecule has 2 atom stereocenters. The fraction of sp³-hybridized carbons (Fsp3) is 0.786. The van der Waals surface area contributed by atoms with Crippen molar-refractivity contribution in [3.8, 4) is 0 Å². The number of rotatable bonds is 4. The van der Waals surface area contributed by atoms with Gasteiger partial charge in [0.2, 0.25) is 11.8 Å². The Morgan fingerprint density at radius 2 is 1.82 bits per heavy atom. The van der Waals surface area contributed by atoms with Gasteiger partial charge in [-0.1, -0.05) is 0 Å². The van der Waals surface area contributed by atoms with Crippen LogP contribution in [-0.2, 0) is 9.59 Å². The van der Waals surface area contributed by atoms with Gasteiger partial charge in [-0.25, -0.2) is 4.79 Å². The van der Waals surface area contributed by atoms with Gasteiger partial charge < -0.3 is 15.1 Å². The molecule has 2 fully saturated rings. The first kappa shape index (κ1) is 18.7. The van der Waals surface area contributed by atoms with Crippen LogP contribution in [0.15, 0.2) is 0 Å². The summed E-state index contributed by atoms with van der Waals surface area (Å²) in [5, 5.41) is 3.38. The maximum absolute atomic E-state index is 12.2. The van der Waals surface area contributed by atoms with Gasteiger partial charge >= 0.3 is 6.03 Å². The molecule has 0 aliphatic carbocycles. The molecule has 2 aliphatic heterocycles. The average molecular weight is 333 g/mol. The van der Waals surface area contributed by atoms with Gasteiger partial charge in [-0.3, -0.25) is 14.5 Å². The lowest BCUT2D eigenvalue weighted by atomic mass is 10.1. The van der Waals surface area contributed by atoms with E-state index in [1.54, 1.807) is 7.05 Å². The minimum atomic E-state index is -0.267. The second-order valence-corrected chi connectivity index (χ2v) is 6.06. The summed E-state index contributed by atoms with van der Waals surface area (Å²) in [5.41, 5.74) is 0. The highest BCUT2D eigenvalue weighted by molar-refractivity contribution is 6.01. The third-order valence-electron chi connectivity index (χ3n) is 3.91. The van der Waals surface area contributed by atoms with Gasteiger partial charge in [-0.05, 0) is 20.3 Å². The molecule has 22 heavy (non-hydrogen) atoms. The number of nitrogens with one attached hydrogen (secondary N) is 1. The highest BCUT2D eigenvalue weighted by atomic mass is 35.5. The number of hydrogen-bond acceptors (Lipinski definition) is 4. The van der Waals surface area contributed by atoms with Gasteiger partial charge in [0.05, 0.1) is 0 Å². The van der Waals surface area contributed by atoms with E-state index < -0.39 is 0 Å². The summed E-state index contributed by atoms with van der Waals surface area (Å²) in [6.07, 6.45) is 0.900. The van der Waals surface area contributed by atoms with Crippen LogP contribution in [0.25, 0.3) is 0 Å². The van der Waals surface area contributed by atoms with E-state index in [0.29, 0.717) is 44.6 Å². The minimum Gasteiger partial charge on any atom is -0.340 e. The third-order valence-corrected chi connectivity index (χ3v) is 3.91. The summed E-state index contributed by atoms with van der Waals surface area (Å²) < 4.78 is 0. The number of hydrogen-bond donors (Lipinski definition) is 1. The topological polar surface area (TPSA) is 73.0 Å². The maximum atomic E-state index is 12.2. The van der Waals surface area contributed by atoms with Crippen LogP contribution in [0.3, 0.4) is 0 Å². The molecule has 0 bridgehead atoms. The Hall–Kier alpha value is -1.34. The molecule has 0 saturated carbocycles. The van der Waals surface area contributed by atoms with Crippen LogP contribution in [0.5, 0.6) is 0 Å². The Labute approximate surface area is 137 Å². The number of piperazine rings is 1. The Kier molecular flexibility index (Phi) is 6.62. The first-order chi connectivity index (χ1) is 9.88. The zero-order chi connectivity index (χ0) is 15.6. The number of carbonyl (C=O) groups excluding carboxylic acids is 3. The van der Waals surface area contributed by atoms with Crippen molar-refractivity contribution in [1.82, 2.24) is 20.0 Å². The lowest BCUT2D eigenvalue weighted by molar-refractivity contribution is -0.133. The van der Waals surface area contributed by atoms with E-state index in [2.05, 4.69) is 19.2 Å². The summed E-state index contributed by atoms with van der Waals surface area (Å²) in [6, 6.07) is 0.332. The Morgan fingerprint density at radius 1 is 1.23 bits per heavy atom. The van der Waals surface area contributed by atoms with Crippen LogP contribution in [0.1, 0.15) is 26.7 Å². The first-order valence-corrected chi connectivity index (χ1v) is 7.47. The normalized spacial score (nSPS) is 25.5. The fourth-order valence-electron chi connectivity index (χ4n) is 2.97. The first-order valence-electron chi connectivity index (χ1n) is 7.47. The largest absolute Gasteiger partial charge is 0.340 e. The second-order valence-electron chi connectivity index (χ2n) is 6.06. The summed E-state index contributed by atoms with van der Waals surface area (Å²) in [6.45, 7) is 6.02. The Balaban J connectivity index is 0.00000242. The summed E-state index contributed by atoms with van der Waals surface area (Å²) in [7, 11) is 1.61. The van der Waals surface area contributed by atoms with Gasteiger partial charge in [0, 0.05) is 45.2 Å². The molecule has 4 amide bonds.